The SMILES string of the molecule is CC(C)N(CCCO)C(=O)N1CCCCC1. The maximum absolute atomic E-state index is 12.2. The first-order valence-corrected chi connectivity index (χ1v) is 6.33. The van der Waals surface area contributed by atoms with E-state index in [1.54, 1.807) is 0 Å². The molecule has 1 rings (SSSR count). The molecule has 4 nitrogen and oxygen atoms in total. The predicted molar refractivity (Wildman–Crippen MR) is 64.4 cm³/mol. The van der Waals surface area contributed by atoms with Gasteiger partial charge < -0.3 is 14.9 Å². The van der Waals surface area contributed by atoms with Gasteiger partial charge in [-0.1, -0.05) is 0 Å². The molecule has 16 heavy (non-hydrogen) atoms. The van der Waals surface area contributed by atoms with E-state index in [0.717, 1.165) is 25.9 Å². The summed E-state index contributed by atoms with van der Waals surface area (Å²) in [5, 5.41) is 8.84. The molecule has 0 spiro atoms. The fraction of sp³-hybridized carbons (Fsp3) is 0.917. The second-order valence-corrected chi connectivity index (χ2v) is 4.69. The summed E-state index contributed by atoms with van der Waals surface area (Å²) in [7, 11) is 0. The lowest BCUT2D eigenvalue weighted by Crippen LogP contribution is -2.48. The van der Waals surface area contributed by atoms with Crippen LogP contribution in [0.3, 0.4) is 0 Å². The van der Waals surface area contributed by atoms with E-state index in [2.05, 4.69) is 0 Å². The van der Waals surface area contributed by atoms with Crippen LogP contribution in [0, 0.1) is 0 Å². The predicted octanol–water partition coefficient (Wildman–Crippen LogP) is 1.69. The highest BCUT2D eigenvalue weighted by atomic mass is 16.3. The number of piperidine rings is 1. The lowest BCUT2D eigenvalue weighted by atomic mass is 10.1. The number of likely N-dealkylation sites (tertiary alicyclic amines) is 1. The highest BCUT2D eigenvalue weighted by Crippen LogP contribution is 2.13. The second kappa shape index (κ2) is 6.74. The lowest BCUT2D eigenvalue weighted by molar-refractivity contribution is 0.127. The summed E-state index contributed by atoms with van der Waals surface area (Å²) >= 11 is 0. The monoisotopic (exact) mass is 228 g/mol. The molecule has 0 aromatic rings. The van der Waals surface area contributed by atoms with Crippen LogP contribution >= 0.6 is 0 Å². The molecule has 0 atom stereocenters. The van der Waals surface area contributed by atoms with Gasteiger partial charge in [0.05, 0.1) is 0 Å². The number of hydrogen-bond acceptors (Lipinski definition) is 2. The molecule has 1 heterocycles. The maximum Gasteiger partial charge on any atom is 0.320 e. The van der Waals surface area contributed by atoms with Crippen LogP contribution in [0.2, 0.25) is 0 Å². The Morgan fingerprint density at radius 3 is 2.44 bits per heavy atom. The van der Waals surface area contributed by atoms with Crippen LogP contribution in [0.15, 0.2) is 0 Å². The Morgan fingerprint density at radius 2 is 1.94 bits per heavy atom. The summed E-state index contributed by atoms with van der Waals surface area (Å²) in [5.74, 6) is 0. The van der Waals surface area contributed by atoms with E-state index >= 15 is 0 Å². The van der Waals surface area contributed by atoms with Gasteiger partial charge in [-0.25, -0.2) is 4.79 Å². The molecule has 4 heteroatoms. The normalized spacial score (nSPS) is 16.6. The average Bonchev–Trinajstić information content (AvgIpc) is 2.30. The minimum atomic E-state index is 0.142. The van der Waals surface area contributed by atoms with Crippen LogP contribution in [-0.2, 0) is 0 Å². The summed E-state index contributed by atoms with van der Waals surface area (Å²) in [5.41, 5.74) is 0. The summed E-state index contributed by atoms with van der Waals surface area (Å²) in [4.78, 5) is 16.0. The van der Waals surface area contributed by atoms with Crippen molar-refractivity contribution < 1.29 is 9.90 Å². The van der Waals surface area contributed by atoms with Gasteiger partial charge in [-0.3, -0.25) is 0 Å². The zero-order valence-electron chi connectivity index (χ0n) is 10.5. The maximum atomic E-state index is 12.2. The number of hydrogen-bond donors (Lipinski definition) is 1. The Morgan fingerprint density at radius 1 is 1.31 bits per heavy atom. The Bertz CT molecular complexity index is 213. The van der Waals surface area contributed by atoms with E-state index in [0.29, 0.717) is 13.0 Å². The van der Waals surface area contributed by atoms with Crippen molar-refractivity contribution in [2.75, 3.05) is 26.2 Å². The Labute approximate surface area is 98.2 Å². The van der Waals surface area contributed by atoms with Gasteiger partial charge in [0.25, 0.3) is 0 Å². The van der Waals surface area contributed by atoms with Crippen LogP contribution in [-0.4, -0.2) is 53.2 Å². The number of aliphatic hydroxyl groups is 1. The molecule has 94 valence electrons. The zero-order valence-corrected chi connectivity index (χ0v) is 10.5. The van der Waals surface area contributed by atoms with Gasteiger partial charge in [0.2, 0.25) is 0 Å². The van der Waals surface area contributed by atoms with Crippen molar-refractivity contribution in [3.63, 3.8) is 0 Å². The number of amides is 2. The molecule has 0 saturated carbocycles. The number of rotatable bonds is 4. The minimum Gasteiger partial charge on any atom is -0.396 e. The molecule has 1 aliphatic rings. The molecule has 0 aliphatic carbocycles. The molecular weight excluding hydrogens is 204 g/mol. The summed E-state index contributed by atoms with van der Waals surface area (Å²) in [6.45, 7) is 6.64. The quantitative estimate of drug-likeness (QED) is 0.795. The van der Waals surface area contributed by atoms with Crippen molar-refractivity contribution in [1.82, 2.24) is 9.80 Å². The highest BCUT2D eigenvalue weighted by Gasteiger charge is 2.23. The van der Waals surface area contributed by atoms with Crippen LogP contribution in [0.4, 0.5) is 4.79 Å². The second-order valence-electron chi connectivity index (χ2n) is 4.69. The van der Waals surface area contributed by atoms with Gasteiger partial charge in [0, 0.05) is 32.3 Å². The molecule has 1 fully saturated rings. The fourth-order valence-corrected chi connectivity index (χ4v) is 2.08. The first-order valence-electron chi connectivity index (χ1n) is 6.33. The van der Waals surface area contributed by atoms with Crippen molar-refractivity contribution in [2.24, 2.45) is 0 Å². The van der Waals surface area contributed by atoms with E-state index in [-0.39, 0.29) is 18.7 Å². The molecule has 1 saturated heterocycles. The fourth-order valence-electron chi connectivity index (χ4n) is 2.08. The van der Waals surface area contributed by atoms with Crippen molar-refractivity contribution in [3.05, 3.63) is 0 Å². The Kier molecular flexibility index (Phi) is 5.60. The third-order valence-corrected chi connectivity index (χ3v) is 3.05. The van der Waals surface area contributed by atoms with Crippen molar-refractivity contribution >= 4 is 6.03 Å². The van der Waals surface area contributed by atoms with E-state index in [9.17, 15) is 4.79 Å². The summed E-state index contributed by atoms with van der Waals surface area (Å²) < 4.78 is 0. The summed E-state index contributed by atoms with van der Waals surface area (Å²) in [6.07, 6.45) is 4.15. The van der Waals surface area contributed by atoms with Crippen LogP contribution < -0.4 is 0 Å². The highest BCUT2D eigenvalue weighted by molar-refractivity contribution is 5.74. The minimum absolute atomic E-state index is 0.142. The Balaban J connectivity index is 2.51. The number of carbonyl (C=O) groups is 1. The van der Waals surface area contributed by atoms with Crippen molar-refractivity contribution in [3.8, 4) is 0 Å². The van der Waals surface area contributed by atoms with Gasteiger partial charge in [-0.05, 0) is 39.5 Å². The molecule has 0 unspecified atom stereocenters. The largest absolute Gasteiger partial charge is 0.396 e. The molecule has 0 bridgehead atoms. The van der Waals surface area contributed by atoms with Crippen molar-refractivity contribution in [2.45, 2.75) is 45.6 Å². The smallest absolute Gasteiger partial charge is 0.320 e. The number of urea groups is 1. The lowest BCUT2D eigenvalue weighted by Gasteiger charge is -2.35. The van der Waals surface area contributed by atoms with Crippen LogP contribution in [0.1, 0.15) is 39.5 Å². The van der Waals surface area contributed by atoms with Crippen molar-refractivity contribution in [1.29, 1.82) is 0 Å². The van der Waals surface area contributed by atoms with Crippen LogP contribution in [0.5, 0.6) is 0 Å². The molecular formula is C12H24N2O2. The van der Waals surface area contributed by atoms with Crippen LogP contribution in [0.25, 0.3) is 0 Å². The number of carbonyl (C=O) groups excluding carboxylic acids is 1. The standard InChI is InChI=1S/C12H24N2O2/c1-11(2)14(9-6-10-15)12(16)13-7-4-3-5-8-13/h11,15H,3-10H2,1-2H3. The van der Waals surface area contributed by atoms with E-state index in [1.165, 1.54) is 6.42 Å². The number of aliphatic hydroxyl groups excluding tert-OH is 1. The van der Waals surface area contributed by atoms with Gasteiger partial charge >= 0.3 is 6.03 Å². The molecule has 2 amide bonds. The molecule has 1 N–H and O–H groups in total. The topological polar surface area (TPSA) is 43.8 Å². The third-order valence-electron chi connectivity index (χ3n) is 3.05. The van der Waals surface area contributed by atoms with E-state index < -0.39 is 0 Å². The summed E-state index contributed by atoms with van der Waals surface area (Å²) in [6, 6.07) is 0.351. The van der Waals surface area contributed by atoms with Gasteiger partial charge in [0.15, 0.2) is 0 Å². The van der Waals surface area contributed by atoms with E-state index in [4.69, 9.17) is 5.11 Å². The van der Waals surface area contributed by atoms with E-state index in [1.807, 2.05) is 23.6 Å². The van der Waals surface area contributed by atoms with Gasteiger partial charge in [-0.2, -0.15) is 0 Å². The molecule has 0 radical (unpaired) electrons. The molecule has 1 aliphatic heterocycles. The third kappa shape index (κ3) is 3.67. The zero-order chi connectivity index (χ0) is 12.0. The van der Waals surface area contributed by atoms with Gasteiger partial charge in [0.1, 0.15) is 0 Å². The Hall–Kier alpha value is -0.770. The molecule has 0 aromatic carbocycles. The first kappa shape index (κ1) is 13.3. The first-order chi connectivity index (χ1) is 7.66. The average molecular weight is 228 g/mol. The molecule has 0 aromatic heterocycles. The van der Waals surface area contributed by atoms with Gasteiger partial charge in [-0.15, -0.1) is 0 Å². The number of nitrogens with zero attached hydrogens (tertiary/aromatic N) is 2.